The number of hydrogen-bond donors (Lipinski definition) is 0. The topological polar surface area (TPSA) is 27.7 Å². The Morgan fingerprint density at radius 3 is 1.01 bits per heavy atom. The lowest BCUT2D eigenvalue weighted by molar-refractivity contribution is -0.0914. The third-order valence-corrected chi connectivity index (χ3v) is 12.2. The number of rotatable bonds is 4. The first kappa shape index (κ1) is 72.2. The highest BCUT2D eigenvalue weighted by atomic mass is 19.4. The van der Waals surface area contributed by atoms with Crippen molar-refractivity contribution in [2.24, 2.45) is 0 Å². The summed E-state index contributed by atoms with van der Waals surface area (Å²) < 4.78 is 49.1. The van der Waals surface area contributed by atoms with Gasteiger partial charge in [0.2, 0.25) is 0 Å². The number of aryl methyl sites for hydroxylation is 8. The molecule has 0 saturated heterocycles. The molecule has 6 heteroatoms. The fourth-order valence-electron chi connectivity index (χ4n) is 6.59. The van der Waals surface area contributed by atoms with Crippen LogP contribution in [0.15, 0.2) is 193 Å². The summed E-state index contributed by atoms with van der Waals surface area (Å²) in [7, 11) is 5.04. The Hall–Kier alpha value is -7.75. The van der Waals surface area contributed by atoms with Crippen molar-refractivity contribution in [2.45, 2.75) is 131 Å². The summed E-state index contributed by atoms with van der Waals surface area (Å²) in [5.41, 5.74) is 12.4. The van der Waals surface area contributed by atoms with E-state index in [4.69, 9.17) is 14.2 Å². The van der Waals surface area contributed by atoms with Gasteiger partial charge in [0.25, 0.3) is 0 Å². The third kappa shape index (κ3) is 30.4. The molecule has 0 spiro atoms. The molecular weight excluding hydrogens is 994 g/mol. The monoisotopic (exact) mass is 1090 g/mol. The van der Waals surface area contributed by atoms with E-state index in [2.05, 4.69) is 207 Å². The van der Waals surface area contributed by atoms with Crippen molar-refractivity contribution in [2.75, 3.05) is 21.3 Å². The van der Waals surface area contributed by atoms with Crippen LogP contribution in [0.3, 0.4) is 0 Å². The zero-order valence-corrected chi connectivity index (χ0v) is 52.2. The molecule has 0 aliphatic heterocycles. The quantitative estimate of drug-likeness (QED) is 0.0761. The molecule has 3 nitrogen and oxygen atoms in total. The molecule has 0 aliphatic rings. The van der Waals surface area contributed by atoms with Gasteiger partial charge in [-0.25, -0.2) is 0 Å². The third-order valence-electron chi connectivity index (χ3n) is 12.2. The second kappa shape index (κ2) is 40.4. The number of allylic oxidation sites excluding steroid dienone is 8. The molecule has 8 aromatic carbocycles. The number of ether oxygens (including phenoxy) is 3. The van der Waals surface area contributed by atoms with Gasteiger partial charge in [-0.2, -0.15) is 13.2 Å². The van der Waals surface area contributed by atoms with Crippen molar-refractivity contribution in [1.29, 1.82) is 0 Å². The Balaban J connectivity index is 0.000000906. The second-order valence-corrected chi connectivity index (χ2v) is 19.0. The number of halogens is 3. The second-order valence-electron chi connectivity index (χ2n) is 19.0. The molecule has 0 aromatic heterocycles. The van der Waals surface area contributed by atoms with Crippen LogP contribution >= 0.6 is 0 Å². The first-order valence-electron chi connectivity index (χ1n) is 27.0. The van der Waals surface area contributed by atoms with Crippen molar-refractivity contribution >= 4 is 37.9 Å². The van der Waals surface area contributed by atoms with E-state index in [-0.39, 0.29) is 0 Å². The summed E-state index contributed by atoms with van der Waals surface area (Å²) in [6.45, 7) is 34.9. The van der Waals surface area contributed by atoms with Gasteiger partial charge < -0.3 is 14.2 Å². The molecule has 80 heavy (non-hydrogen) atoms. The Labute approximate surface area is 482 Å². The average molecular weight is 1090 g/mol. The van der Waals surface area contributed by atoms with Crippen LogP contribution in [0.1, 0.15) is 119 Å². The molecule has 0 aliphatic carbocycles. The van der Waals surface area contributed by atoms with Crippen LogP contribution in [-0.2, 0) is 4.74 Å². The Bertz CT molecular complexity index is 3080. The molecule has 8 rings (SSSR count). The Morgan fingerprint density at radius 1 is 0.400 bits per heavy atom. The summed E-state index contributed by atoms with van der Waals surface area (Å²) in [5, 5.41) is 7.97. The van der Waals surface area contributed by atoms with E-state index >= 15 is 0 Å². The first-order chi connectivity index (χ1) is 37.9. The van der Waals surface area contributed by atoms with Crippen molar-refractivity contribution in [3.63, 3.8) is 0 Å². The van der Waals surface area contributed by atoms with Gasteiger partial charge in [-0.05, 0) is 210 Å². The summed E-state index contributed by atoms with van der Waals surface area (Å²) in [5.74, 6) is 8.21. The molecule has 0 radical (unpaired) electrons. The van der Waals surface area contributed by atoms with Crippen molar-refractivity contribution in [1.82, 2.24) is 0 Å². The number of alkyl halides is 3. The molecule has 0 saturated carbocycles. The fourth-order valence-corrected chi connectivity index (χ4v) is 6.59. The zero-order valence-electron chi connectivity index (χ0n) is 52.2. The standard InChI is InChI=1S/C16H14.C12H12.C11H14O.C9H12O.C8H10.C5H7F3.C5H10O.C4H8.C4H6/c1-11-3-5-13-10-16-8-12(2)4-6-14(16)9-15(13)7-11;1-9-3-5-12-8-10(2)4-6-11(12)7-9;1-4-9(2)10-5-7-11(12-3)8-6-10;1-7-4-5-8(2)9(6-7)10-3;1-7-3-5-8(2)6-4-7;1-3-4(2)5(6,7)8;1-4-5(2)6-3;2*1-3-4-2/h3-10H,1-2H3;3-8H,1-2H3;4-8H,1-3H3;4-6H,1-3H3;3-6H,1-2H3;3H,1-2H3;4H,1-3H3;3-4H,1-2H3;1-2H3/b;;9-4-;;;4-3-;5-4-;4-3+;. The van der Waals surface area contributed by atoms with Gasteiger partial charge in [0.15, 0.2) is 0 Å². The van der Waals surface area contributed by atoms with Crippen molar-refractivity contribution in [3.05, 3.63) is 243 Å². The number of hydrogen-bond acceptors (Lipinski definition) is 3. The molecule has 428 valence electrons. The van der Waals surface area contributed by atoms with Crippen LogP contribution in [-0.4, -0.2) is 27.5 Å². The normalized spacial score (nSPS) is 10.6. The molecule has 0 bridgehead atoms. The minimum atomic E-state index is -4.13. The van der Waals surface area contributed by atoms with Crippen molar-refractivity contribution < 1.29 is 27.4 Å². The van der Waals surface area contributed by atoms with Gasteiger partial charge in [-0.1, -0.05) is 185 Å². The molecule has 0 amide bonds. The largest absolute Gasteiger partial charge is 0.502 e. The van der Waals surface area contributed by atoms with Gasteiger partial charge in [-0.3, -0.25) is 0 Å². The van der Waals surface area contributed by atoms with E-state index in [1.807, 2.05) is 91.8 Å². The predicted molar refractivity (Wildman–Crippen MR) is 347 cm³/mol. The highest BCUT2D eigenvalue weighted by Crippen LogP contribution is 2.26. The molecule has 8 aromatic rings. The van der Waals surface area contributed by atoms with E-state index in [0.29, 0.717) is 0 Å². The highest BCUT2D eigenvalue weighted by molar-refractivity contribution is 5.98. The lowest BCUT2D eigenvalue weighted by Crippen LogP contribution is -2.07. The highest BCUT2D eigenvalue weighted by Gasteiger charge is 2.28. The minimum Gasteiger partial charge on any atom is -0.502 e. The van der Waals surface area contributed by atoms with Gasteiger partial charge in [0.05, 0.1) is 27.1 Å². The van der Waals surface area contributed by atoms with Crippen LogP contribution in [0.2, 0.25) is 0 Å². The van der Waals surface area contributed by atoms with Gasteiger partial charge in [0, 0.05) is 5.57 Å². The van der Waals surface area contributed by atoms with Crippen LogP contribution < -0.4 is 9.47 Å². The maximum atomic E-state index is 11.4. The van der Waals surface area contributed by atoms with Crippen LogP contribution in [0, 0.1) is 67.2 Å². The summed E-state index contributed by atoms with van der Waals surface area (Å²) in [4.78, 5) is 0. The lowest BCUT2D eigenvalue weighted by atomic mass is 10.0. The number of fused-ring (bicyclic) bond motifs is 3. The van der Waals surface area contributed by atoms with Crippen LogP contribution in [0.5, 0.6) is 11.5 Å². The molecule has 0 N–H and O–H groups in total. The van der Waals surface area contributed by atoms with Gasteiger partial charge >= 0.3 is 6.18 Å². The summed E-state index contributed by atoms with van der Waals surface area (Å²) in [6, 6.07) is 53.6. The smallest absolute Gasteiger partial charge is 0.412 e. The molecule has 0 fully saturated rings. The maximum Gasteiger partial charge on any atom is 0.412 e. The minimum absolute atomic E-state index is 0.544. The first-order valence-corrected chi connectivity index (χ1v) is 27.0. The molecular formula is C74H93F3O3. The SMILES string of the molecule is C/C=C(/C)C(F)(F)F.C/C=C(/C)OC.C/C=C(/C)c1ccc(OC)cc1.C/C=C/C.CC#CC.COc1cc(C)ccc1C.Cc1ccc(C)cc1.Cc1ccc2cc(C)ccc2c1.Cc1ccc2cc3cc(C)ccc3cc2c1. The van der Waals surface area contributed by atoms with E-state index in [9.17, 15) is 13.2 Å². The van der Waals surface area contributed by atoms with Gasteiger partial charge in [-0.15, -0.1) is 11.8 Å². The van der Waals surface area contributed by atoms with E-state index in [1.54, 1.807) is 21.3 Å². The van der Waals surface area contributed by atoms with E-state index in [0.717, 1.165) is 30.3 Å². The fraction of sp³-hybridized carbons (Fsp3) is 0.297. The Kier molecular flexibility index (Phi) is 36.5. The number of benzene rings is 8. The summed E-state index contributed by atoms with van der Waals surface area (Å²) >= 11 is 0. The van der Waals surface area contributed by atoms with Crippen LogP contribution in [0.25, 0.3) is 37.9 Å². The maximum absolute atomic E-state index is 11.4. The van der Waals surface area contributed by atoms with Gasteiger partial charge in [0.1, 0.15) is 11.5 Å². The number of methoxy groups -OCH3 is 3. The molecule has 0 heterocycles. The van der Waals surface area contributed by atoms with Crippen molar-refractivity contribution in [3.8, 4) is 23.3 Å². The molecule has 0 atom stereocenters. The average Bonchev–Trinajstić information content (AvgIpc) is 3.46. The molecule has 0 unspecified atom stereocenters. The van der Waals surface area contributed by atoms with E-state index in [1.165, 1.54) is 94.9 Å². The zero-order chi connectivity index (χ0) is 60.8. The predicted octanol–water partition coefficient (Wildman–Crippen LogP) is 22.5. The summed E-state index contributed by atoms with van der Waals surface area (Å²) in [6.07, 6.45) is 4.93. The Morgan fingerprint density at radius 2 is 0.750 bits per heavy atom. The van der Waals surface area contributed by atoms with Crippen LogP contribution in [0.4, 0.5) is 13.2 Å². The van der Waals surface area contributed by atoms with E-state index < -0.39 is 11.7 Å². The lowest BCUT2D eigenvalue weighted by Gasteiger charge is -2.04.